The van der Waals surface area contributed by atoms with Crippen molar-refractivity contribution >= 4 is 16.0 Å². The Labute approximate surface area is 126 Å². The first kappa shape index (κ1) is 17.7. The molecule has 21 heavy (non-hydrogen) atoms. The van der Waals surface area contributed by atoms with E-state index in [1.165, 1.54) is 12.3 Å². The van der Waals surface area contributed by atoms with E-state index in [4.69, 9.17) is 9.88 Å². The second kappa shape index (κ2) is 7.61. The Morgan fingerprint density at radius 3 is 2.52 bits per heavy atom. The molecule has 0 fully saturated rings. The molecule has 1 rings (SSSR count). The van der Waals surface area contributed by atoms with Gasteiger partial charge in [0.2, 0.25) is 10.0 Å². The molecule has 0 aliphatic heterocycles. The lowest BCUT2D eigenvalue weighted by Gasteiger charge is -2.12. The number of esters is 1. The molecule has 0 saturated carbocycles. The van der Waals surface area contributed by atoms with Crippen molar-refractivity contribution in [2.24, 2.45) is 5.14 Å². The van der Waals surface area contributed by atoms with Gasteiger partial charge >= 0.3 is 5.97 Å². The summed E-state index contributed by atoms with van der Waals surface area (Å²) >= 11 is 0. The predicted molar refractivity (Wildman–Crippen MR) is 80.6 cm³/mol. The van der Waals surface area contributed by atoms with Crippen LogP contribution in [0.1, 0.15) is 63.0 Å². The molecule has 0 bridgehead atoms. The van der Waals surface area contributed by atoms with Gasteiger partial charge in [0.15, 0.2) is 0 Å². The van der Waals surface area contributed by atoms with Crippen LogP contribution in [0.4, 0.5) is 0 Å². The van der Waals surface area contributed by atoms with Crippen LogP contribution in [0.25, 0.3) is 0 Å². The number of aromatic nitrogens is 1. The third-order valence-corrected chi connectivity index (χ3v) is 4.03. The van der Waals surface area contributed by atoms with Crippen LogP contribution in [-0.2, 0) is 14.8 Å². The number of nitrogens with zero attached hydrogens (tertiary/aromatic N) is 1. The normalized spacial score (nSPS) is 11.9. The summed E-state index contributed by atoms with van der Waals surface area (Å²) in [7, 11) is -3.83. The lowest BCUT2D eigenvalue weighted by Crippen LogP contribution is -2.13. The van der Waals surface area contributed by atoms with E-state index in [0.717, 1.165) is 25.7 Å². The number of carbonyl (C=O) groups excluding carboxylic acids is 1. The number of hydrogen-bond acceptors (Lipinski definition) is 4. The highest BCUT2D eigenvalue weighted by Crippen LogP contribution is 2.19. The second-order valence-electron chi connectivity index (χ2n) is 5.30. The van der Waals surface area contributed by atoms with Gasteiger partial charge in [-0.25, -0.2) is 18.4 Å². The maximum Gasteiger partial charge on any atom is 0.354 e. The molecule has 0 saturated heterocycles. The Kier molecular flexibility index (Phi) is 6.42. The van der Waals surface area contributed by atoms with Crippen LogP contribution in [0, 0.1) is 0 Å². The number of ether oxygens (including phenoxy) is 1. The van der Waals surface area contributed by atoms with Crippen LogP contribution in [0.2, 0.25) is 0 Å². The molecule has 2 N–H and O–H groups in total. The largest absolute Gasteiger partial charge is 0.461 e. The van der Waals surface area contributed by atoms with E-state index in [2.05, 4.69) is 6.92 Å². The molecule has 1 heterocycles. The van der Waals surface area contributed by atoms with Crippen molar-refractivity contribution in [3.8, 4) is 0 Å². The van der Waals surface area contributed by atoms with E-state index in [-0.39, 0.29) is 16.6 Å². The minimum atomic E-state index is -3.83. The molecule has 1 aromatic heterocycles. The number of hydrogen-bond donors (Lipinski definition) is 1. The Bertz CT molecular complexity index is 576. The minimum absolute atomic E-state index is 0.0665. The fourth-order valence-electron chi connectivity index (χ4n) is 1.97. The Hall–Kier alpha value is -1.34. The van der Waals surface area contributed by atoms with Gasteiger partial charge in [0.1, 0.15) is 10.6 Å². The zero-order chi connectivity index (χ0) is 16.0. The summed E-state index contributed by atoms with van der Waals surface area (Å²) in [4.78, 5) is 12.0. The van der Waals surface area contributed by atoms with Crippen LogP contribution in [0.5, 0.6) is 0 Å². The van der Waals surface area contributed by atoms with Gasteiger partial charge in [0, 0.05) is 12.2 Å². The molecule has 0 atom stereocenters. The van der Waals surface area contributed by atoms with Crippen LogP contribution in [0.3, 0.4) is 0 Å². The number of unbranched alkanes of at least 4 members (excludes halogenated alkanes) is 3. The van der Waals surface area contributed by atoms with E-state index in [9.17, 15) is 13.2 Å². The summed E-state index contributed by atoms with van der Waals surface area (Å²) in [5.74, 6) is -0.518. The SMILES string of the molecule is CCCCCCOC(=O)c1cc(S(N)(=O)=O)cn1C(C)C. The van der Waals surface area contributed by atoms with E-state index >= 15 is 0 Å². The molecule has 1 aromatic rings. The quantitative estimate of drug-likeness (QED) is 0.589. The van der Waals surface area contributed by atoms with Gasteiger partial charge in [-0.1, -0.05) is 26.2 Å². The zero-order valence-electron chi connectivity index (χ0n) is 12.8. The highest BCUT2D eigenvalue weighted by atomic mass is 32.2. The van der Waals surface area contributed by atoms with Crippen molar-refractivity contribution in [3.05, 3.63) is 18.0 Å². The van der Waals surface area contributed by atoms with Crippen molar-refractivity contribution in [1.82, 2.24) is 4.57 Å². The fraction of sp³-hybridized carbons (Fsp3) is 0.643. The molecule has 0 aromatic carbocycles. The Balaban J connectivity index is 2.81. The summed E-state index contributed by atoms with van der Waals surface area (Å²) in [6, 6.07) is 1.20. The third kappa shape index (κ3) is 5.17. The van der Waals surface area contributed by atoms with Crippen molar-refractivity contribution in [2.75, 3.05) is 6.61 Å². The molecule has 0 unspecified atom stereocenters. The number of nitrogens with two attached hydrogens (primary N) is 1. The molecule has 120 valence electrons. The first-order valence-corrected chi connectivity index (χ1v) is 8.73. The smallest absolute Gasteiger partial charge is 0.354 e. The number of rotatable bonds is 8. The van der Waals surface area contributed by atoms with Crippen molar-refractivity contribution in [3.63, 3.8) is 0 Å². The van der Waals surface area contributed by atoms with E-state index in [1.54, 1.807) is 4.57 Å². The third-order valence-electron chi connectivity index (χ3n) is 3.15. The first-order chi connectivity index (χ1) is 9.77. The van der Waals surface area contributed by atoms with Crippen LogP contribution >= 0.6 is 0 Å². The minimum Gasteiger partial charge on any atom is -0.461 e. The van der Waals surface area contributed by atoms with Gasteiger partial charge in [-0.15, -0.1) is 0 Å². The number of carbonyl (C=O) groups is 1. The molecule has 7 heteroatoms. The lowest BCUT2D eigenvalue weighted by atomic mass is 10.2. The van der Waals surface area contributed by atoms with E-state index in [0.29, 0.717) is 6.61 Å². The molecule has 0 radical (unpaired) electrons. The molecule has 0 aliphatic carbocycles. The average molecular weight is 316 g/mol. The highest BCUT2D eigenvalue weighted by Gasteiger charge is 2.21. The Morgan fingerprint density at radius 1 is 1.33 bits per heavy atom. The van der Waals surface area contributed by atoms with Crippen molar-refractivity contribution < 1.29 is 17.9 Å². The fourth-order valence-corrected chi connectivity index (χ4v) is 2.50. The summed E-state index contributed by atoms with van der Waals surface area (Å²) in [5, 5.41) is 5.10. The first-order valence-electron chi connectivity index (χ1n) is 7.19. The van der Waals surface area contributed by atoms with Gasteiger partial charge in [0.25, 0.3) is 0 Å². The molecule has 0 amide bonds. The maximum absolute atomic E-state index is 12.1. The summed E-state index contributed by atoms with van der Waals surface area (Å²) in [6.07, 6.45) is 5.41. The lowest BCUT2D eigenvalue weighted by molar-refractivity contribution is 0.0483. The summed E-state index contributed by atoms with van der Waals surface area (Å²) in [6.45, 7) is 6.15. The van der Waals surface area contributed by atoms with E-state index in [1.807, 2.05) is 13.8 Å². The standard InChI is InChI=1S/C14H24N2O4S/c1-4-5-6-7-8-20-14(17)13-9-12(21(15,18)19)10-16(13)11(2)3/h9-11H,4-8H2,1-3H3,(H2,15,18,19). The maximum atomic E-state index is 12.1. The molecular weight excluding hydrogens is 292 g/mol. The van der Waals surface area contributed by atoms with Gasteiger partial charge in [-0.3, -0.25) is 0 Å². The van der Waals surface area contributed by atoms with Gasteiger partial charge in [-0.2, -0.15) is 0 Å². The summed E-state index contributed by atoms with van der Waals surface area (Å²) < 4.78 is 29.5. The van der Waals surface area contributed by atoms with Crippen LogP contribution < -0.4 is 5.14 Å². The highest BCUT2D eigenvalue weighted by molar-refractivity contribution is 7.89. The van der Waals surface area contributed by atoms with E-state index < -0.39 is 16.0 Å². The molecule has 0 spiro atoms. The monoisotopic (exact) mass is 316 g/mol. The second-order valence-corrected chi connectivity index (χ2v) is 6.87. The predicted octanol–water partition coefficient (Wildman–Crippen LogP) is 2.45. The van der Waals surface area contributed by atoms with Gasteiger partial charge < -0.3 is 9.30 Å². The van der Waals surface area contributed by atoms with Crippen molar-refractivity contribution in [2.45, 2.75) is 57.4 Å². The Morgan fingerprint density at radius 2 is 2.00 bits per heavy atom. The molecule has 0 aliphatic rings. The average Bonchev–Trinajstić information content (AvgIpc) is 2.83. The molecule has 6 nitrogen and oxygen atoms in total. The van der Waals surface area contributed by atoms with Gasteiger partial charge in [-0.05, 0) is 26.3 Å². The zero-order valence-corrected chi connectivity index (χ0v) is 13.6. The topological polar surface area (TPSA) is 91.4 Å². The van der Waals surface area contributed by atoms with Crippen LogP contribution in [-0.4, -0.2) is 25.6 Å². The van der Waals surface area contributed by atoms with Crippen molar-refractivity contribution in [1.29, 1.82) is 0 Å². The number of sulfonamides is 1. The molecular formula is C14H24N2O4S. The van der Waals surface area contributed by atoms with Crippen LogP contribution in [0.15, 0.2) is 17.2 Å². The van der Waals surface area contributed by atoms with Gasteiger partial charge in [0.05, 0.1) is 6.61 Å². The summed E-state index contributed by atoms with van der Waals surface area (Å²) in [5.41, 5.74) is 0.213. The number of primary sulfonamides is 1.